The number of amides is 1. The summed E-state index contributed by atoms with van der Waals surface area (Å²) in [6.45, 7) is 3.60. The smallest absolute Gasteiger partial charge is 0.326 e. The highest BCUT2D eigenvalue weighted by Gasteiger charge is 2.27. The van der Waals surface area contributed by atoms with E-state index in [9.17, 15) is 19.5 Å². The van der Waals surface area contributed by atoms with Crippen molar-refractivity contribution < 1.29 is 14.7 Å². The monoisotopic (exact) mass is 303 g/mol. The zero-order chi connectivity index (χ0) is 16.3. The molecule has 2 aromatic rings. The number of carboxylic acids is 1. The summed E-state index contributed by atoms with van der Waals surface area (Å²) in [5.41, 5.74) is -0.395. The fourth-order valence-electron chi connectivity index (χ4n) is 2.18. The van der Waals surface area contributed by atoms with E-state index in [2.05, 4.69) is 15.5 Å². The first-order chi connectivity index (χ1) is 10.5. The Bertz CT molecular complexity index is 769. The molecule has 0 radical (unpaired) electrons. The first-order valence-electron chi connectivity index (χ1n) is 6.96. The third-order valence-corrected chi connectivity index (χ3v) is 3.68. The van der Waals surface area contributed by atoms with Crippen LogP contribution in [0, 0.1) is 5.92 Å². The Morgan fingerprint density at radius 1 is 1.32 bits per heavy atom. The van der Waals surface area contributed by atoms with Crippen molar-refractivity contribution in [1.29, 1.82) is 0 Å². The highest BCUT2D eigenvalue weighted by molar-refractivity contribution is 6.05. The summed E-state index contributed by atoms with van der Waals surface area (Å²) >= 11 is 0. The van der Waals surface area contributed by atoms with Gasteiger partial charge in [0.1, 0.15) is 6.04 Å². The second-order valence-corrected chi connectivity index (χ2v) is 5.12. The van der Waals surface area contributed by atoms with Crippen molar-refractivity contribution in [2.75, 3.05) is 0 Å². The number of rotatable bonds is 5. The van der Waals surface area contributed by atoms with Crippen LogP contribution in [0.5, 0.6) is 0 Å². The van der Waals surface area contributed by atoms with Crippen LogP contribution in [-0.4, -0.2) is 33.2 Å². The van der Waals surface area contributed by atoms with Gasteiger partial charge < -0.3 is 10.4 Å². The number of aromatic amines is 1. The maximum atomic E-state index is 12.3. The van der Waals surface area contributed by atoms with E-state index >= 15 is 0 Å². The standard InChI is InChI=1S/C15H17N3O4/c1-3-8(2)11(15(21)22)16-14(20)12-9-6-4-5-7-10(9)13(19)18-17-12/h4-8,11H,3H2,1-2H3,(H,16,20)(H,18,19)(H,21,22)/t8-,11+/m1/s1. The van der Waals surface area contributed by atoms with Crippen molar-refractivity contribution in [2.45, 2.75) is 26.3 Å². The zero-order valence-corrected chi connectivity index (χ0v) is 12.3. The normalized spacial score (nSPS) is 13.5. The van der Waals surface area contributed by atoms with Gasteiger partial charge in [0.2, 0.25) is 0 Å². The van der Waals surface area contributed by atoms with Crippen LogP contribution in [0.3, 0.4) is 0 Å². The zero-order valence-electron chi connectivity index (χ0n) is 12.3. The summed E-state index contributed by atoms with van der Waals surface area (Å²) < 4.78 is 0. The van der Waals surface area contributed by atoms with E-state index in [1.54, 1.807) is 31.2 Å². The number of aliphatic carboxylic acids is 1. The number of carbonyl (C=O) groups is 2. The van der Waals surface area contributed by atoms with Gasteiger partial charge in [-0.1, -0.05) is 38.5 Å². The predicted octanol–water partition coefficient (Wildman–Crippen LogP) is 1.15. The third kappa shape index (κ3) is 2.98. The predicted molar refractivity (Wildman–Crippen MR) is 80.7 cm³/mol. The van der Waals surface area contributed by atoms with Gasteiger partial charge >= 0.3 is 5.97 Å². The summed E-state index contributed by atoms with van der Waals surface area (Å²) in [6, 6.07) is 5.54. The lowest BCUT2D eigenvalue weighted by Crippen LogP contribution is -2.45. The van der Waals surface area contributed by atoms with Crippen LogP contribution in [-0.2, 0) is 4.79 Å². The van der Waals surface area contributed by atoms with Crippen LogP contribution in [0.15, 0.2) is 29.1 Å². The molecule has 22 heavy (non-hydrogen) atoms. The van der Waals surface area contributed by atoms with E-state index in [1.807, 2.05) is 6.92 Å². The van der Waals surface area contributed by atoms with Crippen molar-refractivity contribution in [2.24, 2.45) is 5.92 Å². The lowest BCUT2D eigenvalue weighted by Gasteiger charge is -2.20. The molecule has 3 N–H and O–H groups in total. The van der Waals surface area contributed by atoms with E-state index in [-0.39, 0.29) is 11.6 Å². The van der Waals surface area contributed by atoms with Gasteiger partial charge in [-0.05, 0) is 12.0 Å². The SMILES string of the molecule is CC[C@@H](C)[C@H](NC(=O)c1n[nH]c(=O)c2ccccc12)C(=O)O. The molecular weight excluding hydrogens is 286 g/mol. The summed E-state index contributed by atoms with van der Waals surface area (Å²) in [7, 11) is 0. The number of benzene rings is 1. The van der Waals surface area contributed by atoms with Crippen molar-refractivity contribution in [3.63, 3.8) is 0 Å². The topological polar surface area (TPSA) is 112 Å². The third-order valence-electron chi connectivity index (χ3n) is 3.68. The molecule has 7 heteroatoms. The van der Waals surface area contributed by atoms with E-state index in [1.165, 1.54) is 0 Å². The van der Waals surface area contributed by atoms with Gasteiger partial charge in [-0.3, -0.25) is 9.59 Å². The van der Waals surface area contributed by atoms with Gasteiger partial charge in [-0.15, -0.1) is 0 Å². The molecule has 0 aliphatic carbocycles. The first kappa shape index (κ1) is 15.7. The average Bonchev–Trinajstić information content (AvgIpc) is 2.52. The van der Waals surface area contributed by atoms with Gasteiger partial charge in [0.05, 0.1) is 5.39 Å². The molecule has 0 saturated heterocycles. The fraction of sp³-hybridized carbons (Fsp3) is 0.333. The molecule has 1 amide bonds. The lowest BCUT2D eigenvalue weighted by molar-refractivity contribution is -0.140. The summed E-state index contributed by atoms with van der Waals surface area (Å²) in [5.74, 6) is -1.95. The van der Waals surface area contributed by atoms with Gasteiger partial charge in [-0.2, -0.15) is 5.10 Å². The number of carbonyl (C=O) groups excluding carboxylic acids is 1. The molecule has 7 nitrogen and oxygen atoms in total. The van der Waals surface area contributed by atoms with Crippen molar-refractivity contribution in [1.82, 2.24) is 15.5 Å². The molecule has 0 aliphatic rings. The van der Waals surface area contributed by atoms with Gasteiger partial charge in [0.15, 0.2) is 5.69 Å². The molecule has 1 heterocycles. The second-order valence-electron chi connectivity index (χ2n) is 5.12. The molecular formula is C15H17N3O4. The van der Waals surface area contributed by atoms with Crippen LogP contribution in [0.25, 0.3) is 10.8 Å². The Kier molecular flexibility index (Phi) is 4.55. The van der Waals surface area contributed by atoms with Gasteiger partial charge in [-0.25, -0.2) is 9.89 Å². The number of nitrogens with zero attached hydrogens (tertiary/aromatic N) is 1. The minimum Gasteiger partial charge on any atom is -0.480 e. The molecule has 2 atom stereocenters. The summed E-state index contributed by atoms with van der Waals surface area (Å²) in [4.78, 5) is 35.3. The Balaban J connectivity index is 2.40. The van der Waals surface area contributed by atoms with Gasteiger partial charge in [0.25, 0.3) is 11.5 Å². The molecule has 1 aromatic heterocycles. The largest absolute Gasteiger partial charge is 0.480 e. The molecule has 0 unspecified atom stereocenters. The summed E-state index contributed by atoms with van der Waals surface area (Å²) in [6.07, 6.45) is 0.608. The second kappa shape index (κ2) is 6.38. The van der Waals surface area contributed by atoms with E-state index < -0.39 is 23.5 Å². The van der Waals surface area contributed by atoms with E-state index in [4.69, 9.17) is 0 Å². The van der Waals surface area contributed by atoms with E-state index in [0.29, 0.717) is 17.2 Å². The number of carboxylic acid groups (broad SMARTS) is 1. The fourth-order valence-corrected chi connectivity index (χ4v) is 2.18. The van der Waals surface area contributed by atoms with Crippen molar-refractivity contribution >= 4 is 22.6 Å². The maximum Gasteiger partial charge on any atom is 0.326 e. The van der Waals surface area contributed by atoms with Crippen LogP contribution >= 0.6 is 0 Å². The molecule has 0 bridgehead atoms. The molecule has 0 aliphatic heterocycles. The Hall–Kier alpha value is -2.70. The number of fused-ring (bicyclic) bond motifs is 1. The Morgan fingerprint density at radius 3 is 2.55 bits per heavy atom. The minimum atomic E-state index is -1.10. The van der Waals surface area contributed by atoms with Crippen molar-refractivity contribution in [3.05, 3.63) is 40.3 Å². The van der Waals surface area contributed by atoms with Crippen LogP contribution in [0.1, 0.15) is 30.8 Å². The number of aromatic nitrogens is 2. The maximum absolute atomic E-state index is 12.3. The highest BCUT2D eigenvalue weighted by Crippen LogP contribution is 2.14. The first-order valence-corrected chi connectivity index (χ1v) is 6.96. The number of H-pyrrole nitrogens is 1. The lowest BCUT2D eigenvalue weighted by atomic mass is 9.99. The Labute approximate surface area is 126 Å². The van der Waals surface area contributed by atoms with E-state index in [0.717, 1.165) is 0 Å². The average molecular weight is 303 g/mol. The molecule has 0 fully saturated rings. The molecule has 1 aromatic carbocycles. The highest BCUT2D eigenvalue weighted by atomic mass is 16.4. The van der Waals surface area contributed by atoms with Crippen LogP contribution in [0.2, 0.25) is 0 Å². The number of hydrogen-bond acceptors (Lipinski definition) is 4. The minimum absolute atomic E-state index is 0.00440. The van der Waals surface area contributed by atoms with Crippen LogP contribution < -0.4 is 10.9 Å². The molecule has 0 spiro atoms. The molecule has 2 rings (SSSR count). The molecule has 116 valence electrons. The van der Waals surface area contributed by atoms with Gasteiger partial charge in [0, 0.05) is 5.39 Å². The van der Waals surface area contributed by atoms with Crippen molar-refractivity contribution in [3.8, 4) is 0 Å². The number of nitrogens with one attached hydrogen (secondary N) is 2. The van der Waals surface area contributed by atoms with Crippen LogP contribution in [0.4, 0.5) is 0 Å². The summed E-state index contributed by atoms with van der Waals surface area (Å²) in [5, 5.41) is 18.4. The Morgan fingerprint density at radius 2 is 1.95 bits per heavy atom. The quantitative estimate of drug-likeness (QED) is 0.767. The number of hydrogen-bond donors (Lipinski definition) is 3. The molecule has 0 saturated carbocycles.